The molecule has 2 amide bonds. The lowest BCUT2D eigenvalue weighted by molar-refractivity contribution is -0.139. The number of sulfonamides is 1. The number of aliphatic carboxylic acids is 1. The van der Waals surface area contributed by atoms with E-state index in [4.69, 9.17) is 5.11 Å². The van der Waals surface area contributed by atoms with E-state index in [1.165, 1.54) is 12.1 Å². The summed E-state index contributed by atoms with van der Waals surface area (Å²) in [5.41, 5.74) is -0.0311. The van der Waals surface area contributed by atoms with Gasteiger partial charge in [0.2, 0.25) is 0 Å². The Hall–Kier alpha value is -2.68. The van der Waals surface area contributed by atoms with Crippen molar-refractivity contribution in [1.82, 2.24) is 9.62 Å². The summed E-state index contributed by atoms with van der Waals surface area (Å²) in [5, 5.41) is 11.5. The number of carboxylic acids is 1. The second kappa shape index (κ2) is 7.28. The molecule has 0 spiro atoms. The fourth-order valence-corrected chi connectivity index (χ4v) is 4.43. The fourth-order valence-electron chi connectivity index (χ4n) is 2.63. The number of carboxylic acid groups (broad SMARTS) is 1. The van der Waals surface area contributed by atoms with Crippen LogP contribution < -0.4 is 5.32 Å². The van der Waals surface area contributed by atoms with Gasteiger partial charge in [0.1, 0.15) is 10.9 Å². The second-order valence-corrected chi connectivity index (χ2v) is 7.86. The predicted molar refractivity (Wildman–Crippen MR) is 93.3 cm³/mol. The van der Waals surface area contributed by atoms with E-state index in [9.17, 15) is 22.8 Å². The van der Waals surface area contributed by atoms with Crippen LogP contribution in [0.5, 0.6) is 0 Å². The molecule has 1 aromatic carbocycles. The predicted octanol–water partition coefficient (Wildman–Crippen LogP) is 1.39. The molecule has 0 aliphatic carbocycles. The number of hydrogen-bond acceptors (Lipinski definition) is 5. The summed E-state index contributed by atoms with van der Waals surface area (Å²) < 4.78 is 25.9. The lowest BCUT2D eigenvalue weighted by Gasteiger charge is -2.18. The highest BCUT2D eigenvalue weighted by Gasteiger charge is 2.43. The Bertz CT molecular complexity index is 889. The zero-order valence-corrected chi connectivity index (χ0v) is 15.4. The fraction of sp³-hybridized carbons (Fsp3) is 0.353. The summed E-state index contributed by atoms with van der Waals surface area (Å²) in [6.45, 7) is 4.88. The molecule has 140 valence electrons. The van der Waals surface area contributed by atoms with Gasteiger partial charge in [0, 0.05) is 11.6 Å². The first-order valence-electron chi connectivity index (χ1n) is 7.99. The molecule has 0 saturated heterocycles. The van der Waals surface area contributed by atoms with Crippen LogP contribution >= 0.6 is 0 Å². The smallest absolute Gasteiger partial charge is 0.326 e. The van der Waals surface area contributed by atoms with E-state index in [2.05, 4.69) is 5.32 Å². The van der Waals surface area contributed by atoms with Crippen molar-refractivity contribution in [3.63, 3.8) is 0 Å². The molecular weight excluding hydrogens is 360 g/mol. The Labute approximate surface area is 151 Å². The number of rotatable bonds is 6. The van der Waals surface area contributed by atoms with Gasteiger partial charge in [0.05, 0.1) is 5.56 Å². The highest BCUT2D eigenvalue weighted by molar-refractivity contribution is 7.90. The van der Waals surface area contributed by atoms with Crippen molar-refractivity contribution in [1.29, 1.82) is 0 Å². The van der Waals surface area contributed by atoms with Crippen LogP contribution in [0, 0.1) is 0 Å². The van der Waals surface area contributed by atoms with Crippen LogP contribution in [-0.4, -0.2) is 47.7 Å². The summed E-state index contributed by atoms with van der Waals surface area (Å²) in [4.78, 5) is 35.6. The SMILES string of the molecule is C/C=C/CC(NC(=O)c1ccc2c(c1)S(=O)(=O)N(C(C)C)C2=O)C(=O)O. The normalized spacial score (nSPS) is 16.8. The van der Waals surface area contributed by atoms with Crippen LogP contribution in [0.25, 0.3) is 0 Å². The topological polar surface area (TPSA) is 121 Å². The number of benzene rings is 1. The van der Waals surface area contributed by atoms with Crippen molar-refractivity contribution in [3.05, 3.63) is 41.5 Å². The maximum Gasteiger partial charge on any atom is 0.326 e. The first kappa shape index (κ1) is 19.6. The van der Waals surface area contributed by atoms with E-state index in [1.54, 1.807) is 32.9 Å². The summed E-state index contributed by atoms with van der Waals surface area (Å²) in [7, 11) is -4.03. The summed E-state index contributed by atoms with van der Waals surface area (Å²) in [6.07, 6.45) is 3.36. The number of allylic oxidation sites excluding steroid dienone is 1. The Kier molecular flexibility index (Phi) is 5.50. The molecule has 9 heteroatoms. The van der Waals surface area contributed by atoms with Crippen molar-refractivity contribution >= 4 is 27.8 Å². The molecule has 0 saturated carbocycles. The molecule has 2 N–H and O–H groups in total. The number of fused-ring (bicyclic) bond motifs is 1. The molecule has 1 unspecified atom stereocenters. The number of nitrogens with zero attached hydrogens (tertiary/aromatic N) is 1. The van der Waals surface area contributed by atoms with Crippen LogP contribution in [0.4, 0.5) is 0 Å². The molecule has 2 rings (SSSR count). The Morgan fingerprint density at radius 1 is 1.31 bits per heavy atom. The minimum absolute atomic E-state index is 0.000971. The zero-order chi connectivity index (χ0) is 19.6. The van der Waals surface area contributed by atoms with Gasteiger partial charge in [-0.25, -0.2) is 17.5 Å². The quantitative estimate of drug-likeness (QED) is 0.720. The first-order valence-corrected chi connectivity index (χ1v) is 9.43. The van der Waals surface area contributed by atoms with E-state index in [0.29, 0.717) is 0 Å². The lowest BCUT2D eigenvalue weighted by atomic mass is 10.1. The molecule has 1 aliphatic rings. The lowest BCUT2D eigenvalue weighted by Crippen LogP contribution is -2.40. The van der Waals surface area contributed by atoms with Crippen molar-refractivity contribution < 1.29 is 27.9 Å². The monoisotopic (exact) mass is 380 g/mol. The van der Waals surface area contributed by atoms with Crippen LogP contribution in [0.15, 0.2) is 35.2 Å². The van der Waals surface area contributed by atoms with Gasteiger partial charge in [-0.3, -0.25) is 9.59 Å². The zero-order valence-electron chi connectivity index (χ0n) is 14.6. The number of hydrogen-bond donors (Lipinski definition) is 2. The number of carbonyl (C=O) groups excluding carboxylic acids is 2. The van der Waals surface area contributed by atoms with E-state index in [1.807, 2.05) is 0 Å². The maximum absolute atomic E-state index is 12.6. The highest BCUT2D eigenvalue weighted by Crippen LogP contribution is 2.32. The largest absolute Gasteiger partial charge is 0.480 e. The van der Waals surface area contributed by atoms with Gasteiger partial charge in [-0.1, -0.05) is 12.2 Å². The first-order chi connectivity index (χ1) is 12.1. The molecule has 0 fully saturated rings. The molecule has 0 aromatic heterocycles. The summed E-state index contributed by atoms with van der Waals surface area (Å²) in [6, 6.07) is 1.98. The van der Waals surface area contributed by atoms with Crippen molar-refractivity contribution in [2.45, 2.75) is 44.2 Å². The molecule has 0 bridgehead atoms. The van der Waals surface area contributed by atoms with Crippen LogP contribution in [0.1, 0.15) is 47.9 Å². The van der Waals surface area contributed by atoms with Crippen molar-refractivity contribution in [2.75, 3.05) is 0 Å². The molecule has 26 heavy (non-hydrogen) atoms. The molecular formula is C17H20N2O6S. The van der Waals surface area contributed by atoms with Gasteiger partial charge < -0.3 is 10.4 Å². The van der Waals surface area contributed by atoms with Crippen LogP contribution in [-0.2, 0) is 14.8 Å². The van der Waals surface area contributed by atoms with Gasteiger partial charge in [0.25, 0.3) is 21.8 Å². The second-order valence-electron chi connectivity index (χ2n) is 6.08. The van der Waals surface area contributed by atoms with Gasteiger partial charge in [-0.15, -0.1) is 0 Å². The highest BCUT2D eigenvalue weighted by atomic mass is 32.2. The van der Waals surface area contributed by atoms with Gasteiger partial charge in [-0.2, -0.15) is 0 Å². The van der Waals surface area contributed by atoms with E-state index < -0.39 is 39.9 Å². The molecule has 1 heterocycles. The summed E-state index contributed by atoms with van der Waals surface area (Å²) in [5.74, 6) is -2.57. The number of nitrogens with one attached hydrogen (secondary N) is 1. The Morgan fingerprint density at radius 2 is 1.96 bits per heavy atom. The third kappa shape index (κ3) is 3.48. The number of amides is 2. The molecule has 0 radical (unpaired) electrons. The average Bonchev–Trinajstić information content (AvgIpc) is 2.76. The standard InChI is InChI=1S/C17H20N2O6S/c1-4-5-6-13(17(22)23)18-15(20)11-7-8-12-14(9-11)26(24,25)19(10(2)3)16(12)21/h4-5,7-10,13H,6H2,1-3H3,(H,18,20)(H,22,23)/b5-4+. The summed E-state index contributed by atoms with van der Waals surface area (Å²) >= 11 is 0. The van der Waals surface area contributed by atoms with Gasteiger partial charge in [0.15, 0.2) is 0 Å². The maximum atomic E-state index is 12.6. The molecule has 1 atom stereocenters. The van der Waals surface area contributed by atoms with Crippen LogP contribution in [0.3, 0.4) is 0 Å². The van der Waals surface area contributed by atoms with E-state index in [-0.39, 0.29) is 22.4 Å². The third-order valence-corrected chi connectivity index (χ3v) is 5.89. The van der Waals surface area contributed by atoms with Crippen molar-refractivity contribution in [2.24, 2.45) is 0 Å². The van der Waals surface area contributed by atoms with Crippen LogP contribution in [0.2, 0.25) is 0 Å². The van der Waals surface area contributed by atoms with Gasteiger partial charge >= 0.3 is 5.97 Å². The van der Waals surface area contributed by atoms with Crippen molar-refractivity contribution in [3.8, 4) is 0 Å². The number of carbonyl (C=O) groups is 3. The van der Waals surface area contributed by atoms with E-state index >= 15 is 0 Å². The average molecular weight is 380 g/mol. The van der Waals surface area contributed by atoms with Gasteiger partial charge in [-0.05, 0) is 45.4 Å². The Balaban J connectivity index is 2.35. The van der Waals surface area contributed by atoms with E-state index in [0.717, 1.165) is 10.4 Å². The molecule has 1 aliphatic heterocycles. The Morgan fingerprint density at radius 3 is 2.50 bits per heavy atom. The molecule has 8 nitrogen and oxygen atoms in total. The minimum atomic E-state index is -4.03. The third-order valence-electron chi connectivity index (χ3n) is 3.89. The molecule has 1 aromatic rings. The minimum Gasteiger partial charge on any atom is -0.480 e.